The van der Waals surface area contributed by atoms with Crippen molar-refractivity contribution in [2.75, 3.05) is 5.01 Å². The van der Waals surface area contributed by atoms with E-state index in [0.29, 0.717) is 5.01 Å². The summed E-state index contributed by atoms with van der Waals surface area (Å²) in [6, 6.07) is 8.82. The van der Waals surface area contributed by atoms with Crippen molar-refractivity contribution < 1.29 is 50.8 Å². The van der Waals surface area contributed by atoms with Gasteiger partial charge in [-0.3, -0.25) is 29.1 Å². The number of hydrogen-bond donors (Lipinski definition) is 5. The summed E-state index contributed by atoms with van der Waals surface area (Å²) in [5, 5.41) is 25.6. The molecule has 0 saturated carbocycles. The first-order chi connectivity index (χ1) is 19.2. The van der Waals surface area contributed by atoms with E-state index in [9.17, 15) is 36.3 Å². The van der Waals surface area contributed by atoms with Gasteiger partial charge in [0, 0.05) is 0 Å². The van der Waals surface area contributed by atoms with Gasteiger partial charge >= 0.3 is 5.97 Å². The second-order valence-corrected chi connectivity index (χ2v) is 11.0. The predicted molar refractivity (Wildman–Crippen MR) is 140 cm³/mol. The molecule has 0 bridgehead atoms. The Balaban J connectivity index is 1.67. The number of aliphatic carboxylic acids is 1. The fraction of sp³-hybridized carbons (Fsp3) is 0.0435. The van der Waals surface area contributed by atoms with E-state index in [4.69, 9.17) is 14.4 Å². The summed E-state index contributed by atoms with van der Waals surface area (Å²) in [5.41, 5.74) is -1.60. The van der Waals surface area contributed by atoms with Crippen molar-refractivity contribution in [1.82, 2.24) is 9.78 Å². The molecule has 0 radical (unpaired) electrons. The highest BCUT2D eigenvalue weighted by atomic mass is 32.2. The van der Waals surface area contributed by atoms with Crippen LogP contribution < -0.4 is 10.6 Å². The lowest BCUT2D eigenvalue weighted by Gasteiger charge is -2.11. The highest BCUT2D eigenvalue weighted by molar-refractivity contribution is 7.86. The number of carbonyl (C=O) groups is 2. The molecule has 1 aliphatic rings. The van der Waals surface area contributed by atoms with Crippen molar-refractivity contribution in [3.8, 4) is 5.69 Å². The van der Waals surface area contributed by atoms with E-state index < -0.39 is 59.8 Å². The number of nitrogens with zero attached hydrogens (tertiary/aromatic N) is 3. The third-order valence-electron chi connectivity index (χ3n) is 5.59. The predicted octanol–water partition coefficient (Wildman–Crippen LogP) is 1.08. The van der Waals surface area contributed by atoms with Crippen molar-refractivity contribution in [3.05, 3.63) is 87.9 Å². The number of aromatic amines is 1. The van der Waals surface area contributed by atoms with Crippen LogP contribution in [-0.2, 0) is 41.3 Å². The van der Waals surface area contributed by atoms with Crippen molar-refractivity contribution in [2.24, 2.45) is 5.10 Å². The molecule has 5 N–H and O–H groups in total. The van der Waals surface area contributed by atoms with E-state index in [1.54, 1.807) is 0 Å². The van der Waals surface area contributed by atoms with E-state index in [-0.39, 0.29) is 28.2 Å². The molecule has 0 fully saturated rings. The van der Waals surface area contributed by atoms with Gasteiger partial charge < -0.3 is 5.11 Å². The highest BCUT2D eigenvalue weighted by Crippen LogP contribution is 2.25. The third kappa shape index (κ3) is 6.06. The Morgan fingerprint density at radius 1 is 0.927 bits per heavy atom. The zero-order valence-corrected chi connectivity index (χ0v) is 21.9. The SMILES string of the molecule is O=C(O)C1=NN(c2ccc(S(=O)(=O)O)cc2)C(=O)/C1=C\C=C\c1c(COO)[nH]n(-c2ccc(S(=O)(=O)O)cc2)c1=O. The van der Waals surface area contributed by atoms with E-state index >= 15 is 0 Å². The first-order valence-electron chi connectivity index (χ1n) is 11.0. The molecule has 1 amide bonds. The molecule has 0 saturated heterocycles. The van der Waals surface area contributed by atoms with Gasteiger partial charge in [0.05, 0.1) is 38.0 Å². The number of aromatic nitrogens is 2. The van der Waals surface area contributed by atoms with Gasteiger partial charge in [-0.25, -0.2) is 14.4 Å². The molecule has 41 heavy (non-hydrogen) atoms. The fourth-order valence-corrected chi connectivity index (χ4v) is 4.65. The average Bonchev–Trinajstić information content (AvgIpc) is 3.40. The summed E-state index contributed by atoms with van der Waals surface area (Å²) < 4.78 is 64.3. The van der Waals surface area contributed by atoms with Crippen LogP contribution in [-0.4, -0.2) is 63.7 Å². The smallest absolute Gasteiger partial charge is 0.357 e. The Morgan fingerprint density at radius 2 is 1.46 bits per heavy atom. The Kier molecular flexibility index (Phi) is 7.88. The molecular weight excluding hydrogens is 588 g/mol. The maximum absolute atomic E-state index is 13.0. The number of carbonyl (C=O) groups excluding carboxylic acids is 1. The number of nitrogens with one attached hydrogen (secondary N) is 1. The second-order valence-electron chi connectivity index (χ2n) is 8.17. The number of hydrogen-bond acceptors (Lipinski definition) is 10. The summed E-state index contributed by atoms with van der Waals surface area (Å²) in [4.78, 5) is 41.0. The standard InChI is InChI=1S/C23H18N4O12S2/c28-21-17(19(12-39-32)24-26(21)13-4-8-15(9-5-13)40(33,34)35)2-1-3-18-20(23(30)31)25-27(22(18)29)14-6-10-16(11-7-14)41(36,37)38/h1-11,24,32H,12H2,(H,30,31)(H,33,34,35)(H,36,37,38)/b2-1+,18-3-. The minimum Gasteiger partial charge on any atom is -0.476 e. The Hall–Kier alpha value is -4.72. The van der Waals surface area contributed by atoms with Gasteiger partial charge in [0.15, 0.2) is 5.71 Å². The number of allylic oxidation sites excluding steroid dienone is 2. The van der Waals surface area contributed by atoms with Crippen molar-refractivity contribution in [3.63, 3.8) is 0 Å². The molecule has 0 unspecified atom stereocenters. The summed E-state index contributed by atoms with van der Waals surface area (Å²) >= 11 is 0. The van der Waals surface area contributed by atoms with Crippen LogP contribution in [0.2, 0.25) is 0 Å². The lowest BCUT2D eigenvalue weighted by molar-refractivity contribution is -0.253. The van der Waals surface area contributed by atoms with Gasteiger partial charge in [-0.15, -0.1) is 0 Å². The minimum atomic E-state index is -4.51. The van der Waals surface area contributed by atoms with Crippen LogP contribution in [0.5, 0.6) is 0 Å². The van der Waals surface area contributed by atoms with Crippen molar-refractivity contribution >= 4 is 49.6 Å². The van der Waals surface area contributed by atoms with Crippen molar-refractivity contribution in [2.45, 2.75) is 16.4 Å². The molecule has 2 heterocycles. The first kappa shape index (κ1) is 29.3. The van der Waals surface area contributed by atoms with Gasteiger partial charge in [0.1, 0.15) is 6.61 Å². The number of carboxylic acids is 1. The summed E-state index contributed by atoms with van der Waals surface area (Å²) in [7, 11) is -8.98. The molecule has 1 aliphatic heterocycles. The molecule has 0 aliphatic carbocycles. The quantitative estimate of drug-likeness (QED) is 0.0994. The first-order valence-corrected chi connectivity index (χ1v) is 13.9. The van der Waals surface area contributed by atoms with Crippen LogP contribution >= 0.6 is 0 Å². The van der Waals surface area contributed by atoms with Gasteiger partial charge in [-0.05, 0) is 60.7 Å². The zero-order valence-electron chi connectivity index (χ0n) is 20.3. The van der Waals surface area contributed by atoms with Crippen LogP contribution in [0.15, 0.2) is 85.9 Å². The molecule has 2 aromatic carbocycles. The monoisotopic (exact) mass is 606 g/mol. The number of benzene rings is 2. The van der Waals surface area contributed by atoms with Crippen LogP contribution in [0.1, 0.15) is 11.3 Å². The van der Waals surface area contributed by atoms with Gasteiger partial charge in [-0.2, -0.15) is 26.9 Å². The molecular formula is C23H18N4O12S2. The maximum Gasteiger partial charge on any atom is 0.357 e. The van der Waals surface area contributed by atoms with Crippen LogP contribution in [0.25, 0.3) is 11.8 Å². The molecule has 0 atom stereocenters. The van der Waals surface area contributed by atoms with E-state index in [0.717, 1.165) is 47.2 Å². The Labute approximate surface area is 230 Å². The molecule has 214 valence electrons. The Morgan fingerprint density at radius 3 is 1.95 bits per heavy atom. The lowest BCUT2D eigenvalue weighted by Crippen LogP contribution is -2.22. The molecule has 1 aromatic heterocycles. The zero-order chi connectivity index (χ0) is 30.1. The van der Waals surface area contributed by atoms with Gasteiger partial charge in [-0.1, -0.05) is 6.08 Å². The van der Waals surface area contributed by atoms with Gasteiger partial charge in [0.25, 0.3) is 31.7 Å². The number of hydrazone groups is 1. The summed E-state index contributed by atoms with van der Waals surface area (Å²) in [6.07, 6.45) is 3.44. The van der Waals surface area contributed by atoms with Crippen LogP contribution in [0, 0.1) is 0 Å². The third-order valence-corrected chi connectivity index (χ3v) is 7.33. The van der Waals surface area contributed by atoms with E-state index in [2.05, 4.69) is 15.1 Å². The Bertz CT molecular complexity index is 1900. The lowest BCUT2D eigenvalue weighted by atomic mass is 10.1. The fourth-order valence-electron chi connectivity index (χ4n) is 3.69. The number of anilines is 1. The molecule has 3 aromatic rings. The maximum atomic E-state index is 13.0. The number of rotatable bonds is 9. The van der Waals surface area contributed by atoms with Crippen LogP contribution in [0.3, 0.4) is 0 Å². The van der Waals surface area contributed by atoms with Gasteiger partial charge in [0.2, 0.25) is 0 Å². The second kappa shape index (κ2) is 11.0. The summed E-state index contributed by atoms with van der Waals surface area (Å²) in [6.45, 7) is -0.490. The van der Waals surface area contributed by atoms with E-state index in [1.165, 1.54) is 24.3 Å². The average molecular weight is 607 g/mol. The molecule has 18 heteroatoms. The normalized spacial score (nSPS) is 15.2. The molecule has 0 spiro atoms. The molecule has 16 nitrogen and oxygen atoms in total. The topological polar surface area (TPSA) is 246 Å². The number of H-pyrrole nitrogens is 1. The highest BCUT2D eigenvalue weighted by Gasteiger charge is 2.35. The number of amides is 1. The minimum absolute atomic E-state index is 0.00412. The van der Waals surface area contributed by atoms with Crippen molar-refractivity contribution in [1.29, 1.82) is 0 Å². The van der Waals surface area contributed by atoms with Crippen LogP contribution in [0.4, 0.5) is 5.69 Å². The summed E-state index contributed by atoms with van der Waals surface area (Å²) in [5.74, 6) is -2.45. The van der Waals surface area contributed by atoms with E-state index in [1.807, 2.05) is 0 Å². The number of carboxylic acid groups (broad SMARTS) is 1. The molecule has 4 rings (SSSR count). The largest absolute Gasteiger partial charge is 0.476 e.